The number of anilines is 1. The van der Waals surface area contributed by atoms with Gasteiger partial charge in [-0.3, -0.25) is 18.7 Å². The van der Waals surface area contributed by atoms with E-state index in [1.807, 2.05) is 29.2 Å². The van der Waals surface area contributed by atoms with Crippen LogP contribution in [-0.2, 0) is 24.8 Å². The predicted octanol–water partition coefficient (Wildman–Crippen LogP) is 2.96. The first-order chi connectivity index (χ1) is 18.8. The second-order valence-corrected chi connectivity index (χ2v) is 10.2. The molecular formula is C28H30ClN5O5. The van der Waals surface area contributed by atoms with Gasteiger partial charge in [-0.05, 0) is 37.0 Å². The Morgan fingerprint density at radius 2 is 1.77 bits per heavy atom. The average Bonchev–Trinajstić information content (AvgIpc) is 3.11. The number of carbonyl (C=O) groups is 2. The standard InChI is InChI=1S/C28H30ClN5O5/c1-31-26(36)21(20-7-5-8-22(29)25(20)39-2)16-33(28(31)38)17-24(35)32-13-11-19(12-14-32)34-15-10-18-6-3-4-9-23(18)30-27(34)37/h3-9,16,19H,10-15,17H2,1-2H3,(H,30,37). The lowest BCUT2D eigenvalue weighted by Gasteiger charge is -2.38. The maximum Gasteiger partial charge on any atom is 0.331 e. The molecule has 3 heterocycles. The number of nitrogens with one attached hydrogen (secondary N) is 1. The molecule has 1 N–H and O–H groups in total. The van der Waals surface area contributed by atoms with E-state index in [-0.39, 0.29) is 30.1 Å². The number of hydrogen-bond donors (Lipinski definition) is 1. The number of hydrogen-bond acceptors (Lipinski definition) is 5. The van der Waals surface area contributed by atoms with E-state index in [2.05, 4.69) is 5.32 Å². The number of halogens is 1. The third-order valence-corrected chi connectivity index (χ3v) is 7.82. The zero-order valence-corrected chi connectivity index (χ0v) is 22.6. The van der Waals surface area contributed by atoms with Crippen molar-refractivity contribution in [3.8, 4) is 16.9 Å². The topological polar surface area (TPSA) is 106 Å². The highest BCUT2D eigenvalue weighted by Crippen LogP contribution is 2.34. The molecule has 2 aliphatic rings. The third kappa shape index (κ3) is 5.16. The summed E-state index contributed by atoms with van der Waals surface area (Å²) in [6.45, 7) is 1.34. The number of para-hydroxylation sites is 2. The Labute approximate surface area is 230 Å². The molecular weight excluding hydrogens is 522 g/mol. The Morgan fingerprint density at radius 1 is 1.03 bits per heavy atom. The second kappa shape index (κ2) is 11.0. The highest BCUT2D eigenvalue weighted by molar-refractivity contribution is 6.32. The summed E-state index contributed by atoms with van der Waals surface area (Å²) in [7, 11) is 2.83. The minimum atomic E-state index is -0.589. The Hall–Kier alpha value is -4.05. The van der Waals surface area contributed by atoms with E-state index < -0.39 is 11.2 Å². The van der Waals surface area contributed by atoms with E-state index in [4.69, 9.17) is 16.3 Å². The molecule has 1 saturated heterocycles. The predicted molar refractivity (Wildman–Crippen MR) is 148 cm³/mol. The average molecular weight is 552 g/mol. The van der Waals surface area contributed by atoms with E-state index in [0.717, 1.165) is 22.2 Å². The monoisotopic (exact) mass is 551 g/mol. The van der Waals surface area contributed by atoms with Crippen molar-refractivity contribution in [1.82, 2.24) is 18.9 Å². The zero-order valence-electron chi connectivity index (χ0n) is 21.9. The number of aromatic nitrogens is 2. The van der Waals surface area contributed by atoms with E-state index in [1.165, 1.54) is 24.9 Å². The highest BCUT2D eigenvalue weighted by Gasteiger charge is 2.31. The molecule has 11 heteroatoms. The van der Waals surface area contributed by atoms with Crippen molar-refractivity contribution in [2.45, 2.75) is 31.8 Å². The van der Waals surface area contributed by atoms with Crippen LogP contribution in [0, 0.1) is 0 Å². The van der Waals surface area contributed by atoms with Crippen molar-refractivity contribution < 1.29 is 14.3 Å². The molecule has 2 aliphatic heterocycles. The van der Waals surface area contributed by atoms with Crippen LogP contribution in [0.25, 0.3) is 11.1 Å². The Bertz CT molecular complexity index is 1540. The quantitative estimate of drug-likeness (QED) is 0.525. The summed E-state index contributed by atoms with van der Waals surface area (Å²) in [4.78, 5) is 55.5. The van der Waals surface area contributed by atoms with Crippen LogP contribution in [0.15, 0.2) is 58.3 Å². The van der Waals surface area contributed by atoms with Gasteiger partial charge in [0.2, 0.25) is 5.91 Å². The van der Waals surface area contributed by atoms with Gasteiger partial charge in [0.25, 0.3) is 5.56 Å². The van der Waals surface area contributed by atoms with Crippen LogP contribution in [0.2, 0.25) is 5.02 Å². The van der Waals surface area contributed by atoms with Crippen molar-refractivity contribution in [2.24, 2.45) is 7.05 Å². The Morgan fingerprint density at radius 3 is 2.51 bits per heavy atom. The Balaban J connectivity index is 1.29. The molecule has 0 aliphatic carbocycles. The summed E-state index contributed by atoms with van der Waals surface area (Å²) in [6, 6.07) is 12.7. The maximum atomic E-state index is 13.2. The third-order valence-electron chi connectivity index (χ3n) is 7.52. The van der Waals surface area contributed by atoms with Crippen molar-refractivity contribution >= 4 is 29.2 Å². The molecule has 0 spiro atoms. The Kier molecular flexibility index (Phi) is 7.47. The molecule has 2 aromatic carbocycles. The normalized spacial score (nSPS) is 15.9. The van der Waals surface area contributed by atoms with Crippen LogP contribution in [0.5, 0.6) is 5.75 Å². The number of urea groups is 1. The first-order valence-electron chi connectivity index (χ1n) is 12.8. The minimum Gasteiger partial charge on any atom is -0.495 e. The van der Waals surface area contributed by atoms with E-state index >= 15 is 0 Å². The van der Waals surface area contributed by atoms with Gasteiger partial charge in [0.05, 0.1) is 17.7 Å². The van der Waals surface area contributed by atoms with Crippen LogP contribution in [-0.4, -0.2) is 63.7 Å². The molecule has 3 amide bonds. The molecule has 0 atom stereocenters. The van der Waals surface area contributed by atoms with Gasteiger partial charge in [-0.25, -0.2) is 9.59 Å². The zero-order chi connectivity index (χ0) is 27.7. The number of carbonyl (C=O) groups excluding carboxylic acids is 2. The van der Waals surface area contributed by atoms with Gasteiger partial charge in [-0.1, -0.05) is 41.9 Å². The van der Waals surface area contributed by atoms with Gasteiger partial charge in [0.1, 0.15) is 12.3 Å². The molecule has 39 heavy (non-hydrogen) atoms. The first kappa shape index (κ1) is 26.6. The van der Waals surface area contributed by atoms with Gasteiger partial charge in [-0.2, -0.15) is 0 Å². The fourth-order valence-corrected chi connectivity index (χ4v) is 5.62. The first-order valence-corrected chi connectivity index (χ1v) is 13.2. The van der Waals surface area contributed by atoms with Crippen LogP contribution >= 0.6 is 11.6 Å². The fraction of sp³-hybridized carbons (Fsp3) is 0.357. The minimum absolute atomic E-state index is 0.0190. The largest absolute Gasteiger partial charge is 0.495 e. The van der Waals surface area contributed by atoms with Crippen molar-refractivity contribution in [3.63, 3.8) is 0 Å². The lowest BCUT2D eigenvalue weighted by molar-refractivity contribution is -0.133. The van der Waals surface area contributed by atoms with Gasteiger partial charge in [0.15, 0.2) is 0 Å². The number of likely N-dealkylation sites (tertiary alicyclic amines) is 1. The number of rotatable bonds is 5. The van der Waals surface area contributed by atoms with E-state index in [1.54, 1.807) is 23.1 Å². The summed E-state index contributed by atoms with van der Waals surface area (Å²) >= 11 is 6.25. The van der Waals surface area contributed by atoms with Crippen molar-refractivity contribution in [3.05, 3.63) is 80.1 Å². The molecule has 0 saturated carbocycles. The van der Waals surface area contributed by atoms with E-state index in [0.29, 0.717) is 48.8 Å². The molecule has 5 rings (SSSR count). The number of methoxy groups -OCH3 is 1. The molecule has 0 unspecified atom stereocenters. The molecule has 0 bridgehead atoms. The van der Waals surface area contributed by atoms with Crippen LogP contribution in [0.4, 0.5) is 10.5 Å². The van der Waals surface area contributed by atoms with Gasteiger partial charge < -0.3 is 19.9 Å². The van der Waals surface area contributed by atoms with Crippen LogP contribution < -0.4 is 21.3 Å². The summed E-state index contributed by atoms with van der Waals surface area (Å²) in [5.41, 5.74) is 1.49. The number of fused-ring (bicyclic) bond motifs is 1. The molecule has 0 radical (unpaired) electrons. The molecule has 3 aromatic rings. The number of amides is 3. The SMILES string of the molecule is COc1c(Cl)cccc1-c1cn(CC(=O)N2CCC(N3CCc4ccccc4NC3=O)CC2)c(=O)n(C)c1=O. The highest BCUT2D eigenvalue weighted by atomic mass is 35.5. The van der Waals surface area contributed by atoms with Crippen LogP contribution in [0.1, 0.15) is 18.4 Å². The summed E-state index contributed by atoms with van der Waals surface area (Å²) in [5.74, 6) is 0.0847. The molecule has 1 fully saturated rings. The smallest absolute Gasteiger partial charge is 0.331 e. The molecule has 1 aromatic heterocycles. The number of piperidine rings is 1. The van der Waals surface area contributed by atoms with Gasteiger partial charge in [0, 0.05) is 50.2 Å². The van der Waals surface area contributed by atoms with Crippen molar-refractivity contribution in [1.29, 1.82) is 0 Å². The molecule has 204 valence electrons. The fourth-order valence-electron chi connectivity index (χ4n) is 5.36. The van der Waals surface area contributed by atoms with Gasteiger partial charge >= 0.3 is 11.7 Å². The maximum absolute atomic E-state index is 13.2. The summed E-state index contributed by atoms with van der Waals surface area (Å²) in [5, 5.41) is 3.34. The summed E-state index contributed by atoms with van der Waals surface area (Å²) in [6.07, 6.45) is 3.44. The second-order valence-electron chi connectivity index (χ2n) is 9.78. The van der Waals surface area contributed by atoms with Gasteiger partial charge in [-0.15, -0.1) is 0 Å². The molecule has 10 nitrogen and oxygen atoms in total. The lowest BCUT2D eigenvalue weighted by Crippen LogP contribution is -2.51. The van der Waals surface area contributed by atoms with E-state index in [9.17, 15) is 19.2 Å². The van der Waals surface area contributed by atoms with Crippen LogP contribution in [0.3, 0.4) is 0 Å². The number of benzene rings is 2. The lowest BCUT2D eigenvalue weighted by atomic mass is 10.0. The number of nitrogens with zero attached hydrogens (tertiary/aromatic N) is 4. The number of ether oxygens (including phenoxy) is 1. The summed E-state index contributed by atoms with van der Waals surface area (Å²) < 4.78 is 7.61. The van der Waals surface area contributed by atoms with Crippen molar-refractivity contribution in [2.75, 3.05) is 32.1 Å².